The lowest BCUT2D eigenvalue weighted by Crippen LogP contribution is -2.47. The summed E-state index contributed by atoms with van der Waals surface area (Å²) >= 11 is 1.64. The Kier molecular flexibility index (Phi) is 4.59. The highest BCUT2D eigenvalue weighted by Crippen LogP contribution is 2.48. The number of rotatable bonds is 3. The number of piperidine rings is 1. The number of aliphatic imine (C=N–C) groups is 1. The van der Waals surface area contributed by atoms with Crippen LogP contribution in [-0.2, 0) is 9.59 Å². The molecule has 4 rings (SSSR count). The topological polar surface area (TPSA) is 61.8 Å². The molecule has 4 atom stereocenters. The van der Waals surface area contributed by atoms with E-state index in [9.17, 15) is 9.59 Å². The van der Waals surface area contributed by atoms with Crippen molar-refractivity contribution in [3.8, 4) is 0 Å². The first-order valence-electron chi connectivity index (χ1n) is 9.85. The standard InChI is InChI=1S/C19H29N3O2S/c1-3-16(23)22-8-6-14(7-9-22)19(2)17(24)21-18(25-19)20-15-11-12-4-5-13(15)10-12/h12-15H,3-11H2,1-2H3,(H,20,21,24)/t12-,13+,15+,19?/m1/s1. The lowest BCUT2D eigenvalue weighted by Gasteiger charge is -2.38. The zero-order chi connectivity index (χ0) is 17.6. The van der Waals surface area contributed by atoms with Gasteiger partial charge in [-0.2, -0.15) is 0 Å². The molecule has 6 heteroatoms. The molecule has 25 heavy (non-hydrogen) atoms. The van der Waals surface area contributed by atoms with Crippen molar-refractivity contribution in [3.63, 3.8) is 0 Å². The molecule has 5 nitrogen and oxygen atoms in total. The van der Waals surface area contributed by atoms with Crippen LogP contribution in [0.3, 0.4) is 0 Å². The Labute approximate surface area is 154 Å². The van der Waals surface area contributed by atoms with Crippen molar-refractivity contribution in [2.75, 3.05) is 13.1 Å². The Morgan fingerprint density at radius 3 is 2.64 bits per heavy atom. The minimum Gasteiger partial charge on any atom is -0.343 e. The SMILES string of the molecule is CCC(=O)N1CCC(C2(C)SC(=N[C@H]3C[C@@H]4CC[C@H]3C4)NC2=O)CC1. The number of carbonyl (C=O) groups is 2. The molecule has 4 fully saturated rings. The monoisotopic (exact) mass is 363 g/mol. The van der Waals surface area contributed by atoms with E-state index < -0.39 is 4.75 Å². The van der Waals surface area contributed by atoms with Crippen LogP contribution in [0.1, 0.15) is 58.8 Å². The molecule has 0 aromatic rings. The fourth-order valence-corrected chi connectivity index (χ4v) is 6.52. The second kappa shape index (κ2) is 6.60. The summed E-state index contributed by atoms with van der Waals surface area (Å²) in [6, 6.07) is 0.424. The molecule has 4 aliphatic rings. The van der Waals surface area contributed by atoms with Crippen molar-refractivity contribution in [1.82, 2.24) is 10.2 Å². The number of hydrogen-bond acceptors (Lipinski definition) is 4. The van der Waals surface area contributed by atoms with Gasteiger partial charge in [-0.1, -0.05) is 25.1 Å². The molecule has 138 valence electrons. The number of amides is 2. The third-order valence-electron chi connectivity index (χ3n) is 6.89. The summed E-state index contributed by atoms with van der Waals surface area (Å²) in [5, 5.41) is 3.91. The molecule has 2 saturated heterocycles. The number of nitrogens with zero attached hydrogens (tertiary/aromatic N) is 2. The molecule has 0 spiro atoms. The van der Waals surface area contributed by atoms with Gasteiger partial charge in [-0.15, -0.1) is 0 Å². The highest BCUT2D eigenvalue weighted by molar-refractivity contribution is 8.16. The third-order valence-corrected chi connectivity index (χ3v) is 8.24. The second-order valence-corrected chi connectivity index (χ2v) is 9.79. The maximum absolute atomic E-state index is 12.7. The first-order chi connectivity index (χ1) is 12.0. The molecule has 2 aliphatic carbocycles. The lowest BCUT2D eigenvalue weighted by atomic mass is 9.84. The van der Waals surface area contributed by atoms with Gasteiger partial charge in [0.2, 0.25) is 11.8 Å². The Morgan fingerprint density at radius 1 is 1.28 bits per heavy atom. The summed E-state index contributed by atoms with van der Waals surface area (Å²) < 4.78 is -0.433. The van der Waals surface area contributed by atoms with Gasteiger partial charge in [-0.05, 0) is 56.8 Å². The van der Waals surface area contributed by atoms with Gasteiger partial charge >= 0.3 is 0 Å². The summed E-state index contributed by atoms with van der Waals surface area (Å²) in [5.41, 5.74) is 0. The molecule has 2 aliphatic heterocycles. The Bertz CT molecular complexity index is 599. The number of amidine groups is 1. The summed E-state index contributed by atoms with van der Waals surface area (Å²) in [4.78, 5) is 31.5. The van der Waals surface area contributed by atoms with E-state index in [0.29, 0.717) is 18.4 Å². The Morgan fingerprint density at radius 2 is 2.04 bits per heavy atom. The third kappa shape index (κ3) is 3.11. The molecule has 2 amide bonds. The van der Waals surface area contributed by atoms with Gasteiger partial charge in [0.25, 0.3) is 0 Å². The van der Waals surface area contributed by atoms with Crippen LogP contribution in [-0.4, -0.2) is 45.8 Å². The predicted molar refractivity (Wildman–Crippen MR) is 100 cm³/mol. The lowest BCUT2D eigenvalue weighted by molar-refractivity contribution is -0.132. The first kappa shape index (κ1) is 17.4. The molecule has 1 N–H and O–H groups in total. The van der Waals surface area contributed by atoms with Crippen molar-refractivity contribution in [2.45, 2.75) is 69.6 Å². The van der Waals surface area contributed by atoms with Gasteiger partial charge in [0, 0.05) is 19.5 Å². The Hall–Kier alpha value is -1.04. The van der Waals surface area contributed by atoms with E-state index >= 15 is 0 Å². The van der Waals surface area contributed by atoms with Gasteiger partial charge in [-0.3, -0.25) is 14.6 Å². The highest BCUT2D eigenvalue weighted by Gasteiger charge is 2.50. The summed E-state index contributed by atoms with van der Waals surface area (Å²) in [5.74, 6) is 2.26. The largest absolute Gasteiger partial charge is 0.343 e. The maximum Gasteiger partial charge on any atom is 0.242 e. The van der Waals surface area contributed by atoms with Gasteiger partial charge < -0.3 is 10.2 Å². The molecule has 0 radical (unpaired) electrons. The Balaban J connectivity index is 1.40. The average Bonchev–Trinajstić information content (AvgIpc) is 3.30. The zero-order valence-corrected chi connectivity index (χ0v) is 16.1. The van der Waals surface area contributed by atoms with Crippen LogP contribution in [0.2, 0.25) is 0 Å². The van der Waals surface area contributed by atoms with E-state index in [1.165, 1.54) is 25.7 Å². The zero-order valence-electron chi connectivity index (χ0n) is 15.3. The van der Waals surface area contributed by atoms with Crippen molar-refractivity contribution < 1.29 is 9.59 Å². The van der Waals surface area contributed by atoms with E-state index in [1.54, 1.807) is 11.8 Å². The van der Waals surface area contributed by atoms with Gasteiger partial charge in [0.05, 0.1) is 6.04 Å². The summed E-state index contributed by atoms with van der Waals surface area (Å²) in [7, 11) is 0. The minimum atomic E-state index is -0.433. The number of nitrogens with one attached hydrogen (secondary N) is 1. The molecule has 2 saturated carbocycles. The summed E-state index contributed by atoms with van der Waals surface area (Å²) in [6.45, 7) is 5.53. The van der Waals surface area contributed by atoms with Crippen molar-refractivity contribution in [2.24, 2.45) is 22.7 Å². The van der Waals surface area contributed by atoms with E-state index in [0.717, 1.165) is 42.9 Å². The minimum absolute atomic E-state index is 0.111. The molecule has 0 aromatic heterocycles. The molecule has 0 aromatic carbocycles. The number of hydrogen-bond donors (Lipinski definition) is 1. The van der Waals surface area contributed by atoms with Gasteiger partial charge in [-0.25, -0.2) is 0 Å². The van der Waals surface area contributed by atoms with Crippen LogP contribution in [0, 0.1) is 17.8 Å². The van der Waals surface area contributed by atoms with Crippen LogP contribution < -0.4 is 5.32 Å². The molecule has 1 unspecified atom stereocenters. The summed E-state index contributed by atoms with van der Waals surface area (Å²) in [6.07, 6.45) is 7.61. The average molecular weight is 364 g/mol. The number of likely N-dealkylation sites (tertiary alicyclic amines) is 1. The second-order valence-electron chi connectivity index (χ2n) is 8.35. The fraction of sp³-hybridized carbons (Fsp3) is 0.842. The van der Waals surface area contributed by atoms with E-state index in [1.807, 2.05) is 11.8 Å². The number of carbonyl (C=O) groups excluding carboxylic acids is 2. The predicted octanol–water partition coefficient (Wildman–Crippen LogP) is 2.80. The first-order valence-corrected chi connectivity index (χ1v) is 10.7. The van der Waals surface area contributed by atoms with Gasteiger partial charge in [0.15, 0.2) is 5.17 Å². The van der Waals surface area contributed by atoms with Crippen LogP contribution in [0.5, 0.6) is 0 Å². The normalized spacial score (nSPS) is 40.1. The highest BCUT2D eigenvalue weighted by atomic mass is 32.2. The number of thioether (sulfide) groups is 1. The van der Waals surface area contributed by atoms with E-state index in [-0.39, 0.29) is 11.8 Å². The smallest absolute Gasteiger partial charge is 0.242 e. The van der Waals surface area contributed by atoms with Crippen LogP contribution in [0.4, 0.5) is 0 Å². The quantitative estimate of drug-likeness (QED) is 0.839. The molecule has 2 heterocycles. The molecular weight excluding hydrogens is 334 g/mol. The molecule has 2 bridgehead atoms. The van der Waals surface area contributed by atoms with Crippen LogP contribution >= 0.6 is 11.8 Å². The fourth-order valence-electron chi connectivity index (χ4n) is 5.24. The van der Waals surface area contributed by atoms with E-state index in [4.69, 9.17) is 4.99 Å². The van der Waals surface area contributed by atoms with Crippen LogP contribution in [0.15, 0.2) is 4.99 Å². The van der Waals surface area contributed by atoms with Gasteiger partial charge in [0.1, 0.15) is 4.75 Å². The maximum atomic E-state index is 12.7. The number of fused-ring (bicyclic) bond motifs is 2. The van der Waals surface area contributed by atoms with Crippen LogP contribution in [0.25, 0.3) is 0 Å². The van der Waals surface area contributed by atoms with Crippen molar-refractivity contribution >= 4 is 28.7 Å². The van der Waals surface area contributed by atoms with Crippen molar-refractivity contribution in [3.05, 3.63) is 0 Å². The van der Waals surface area contributed by atoms with E-state index in [2.05, 4.69) is 12.2 Å². The van der Waals surface area contributed by atoms with Crippen molar-refractivity contribution in [1.29, 1.82) is 0 Å². The molecular formula is C19H29N3O2S.